The van der Waals surface area contributed by atoms with Gasteiger partial charge in [-0.3, -0.25) is 4.90 Å². The van der Waals surface area contributed by atoms with Crippen LogP contribution in [-0.4, -0.2) is 31.1 Å². The number of benzene rings is 3. The molecule has 3 rings (SSSR count). The molecule has 0 spiro atoms. The average Bonchev–Trinajstić information content (AvgIpc) is 2.75. The molecule has 3 aromatic rings. The molecule has 0 N–H and O–H groups in total. The Morgan fingerprint density at radius 2 is 1.43 bits per heavy atom. The van der Waals surface area contributed by atoms with E-state index >= 15 is 0 Å². The fourth-order valence-corrected chi connectivity index (χ4v) is 3.02. The van der Waals surface area contributed by atoms with E-state index in [4.69, 9.17) is 9.47 Å². The van der Waals surface area contributed by atoms with Crippen molar-refractivity contribution in [3.8, 4) is 5.75 Å². The van der Waals surface area contributed by atoms with Crippen molar-refractivity contribution in [1.82, 2.24) is 4.90 Å². The fourth-order valence-electron chi connectivity index (χ4n) is 3.02. The summed E-state index contributed by atoms with van der Waals surface area (Å²) in [4.78, 5) is 14.0. The second-order valence-corrected chi connectivity index (χ2v) is 6.55. The number of hydrogen-bond acceptors (Lipinski definition) is 4. The lowest BCUT2D eigenvalue weighted by Crippen LogP contribution is -2.27. The number of carbonyl (C=O) groups excluding carboxylic acids is 1. The third-order valence-electron chi connectivity index (χ3n) is 4.43. The van der Waals surface area contributed by atoms with Crippen molar-refractivity contribution in [1.29, 1.82) is 0 Å². The van der Waals surface area contributed by atoms with E-state index in [1.54, 1.807) is 18.2 Å². The van der Waals surface area contributed by atoms with E-state index in [-0.39, 0.29) is 5.97 Å². The van der Waals surface area contributed by atoms with E-state index < -0.39 is 0 Å². The second kappa shape index (κ2) is 10.3. The van der Waals surface area contributed by atoms with Gasteiger partial charge in [0.2, 0.25) is 0 Å². The Morgan fingerprint density at radius 3 is 2.00 bits per heavy atom. The number of methoxy groups -OCH3 is 1. The molecule has 0 atom stereocenters. The third-order valence-corrected chi connectivity index (χ3v) is 4.43. The van der Waals surface area contributed by atoms with Crippen LogP contribution in [0.4, 0.5) is 0 Å². The smallest absolute Gasteiger partial charge is 0.337 e. The summed E-state index contributed by atoms with van der Waals surface area (Å²) < 4.78 is 10.7. The number of hydrogen-bond donors (Lipinski definition) is 0. The molecule has 0 aliphatic carbocycles. The van der Waals surface area contributed by atoms with E-state index in [0.29, 0.717) is 17.9 Å². The van der Waals surface area contributed by atoms with Gasteiger partial charge < -0.3 is 9.47 Å². The predicted molar refractivity (Wildman–Crippen MR) is 110 cm³/mol. The summed E-state index contributed by atoms with van der Waals surface area (Å²) in [6.07, 6.45) is 0. The molecule has 0 saturated carbocycles. The first-order chi connectivity index (χ1) is 13.7. The van der Waals surface area contributed by atoms with Gasteiger partial charge in [-0.1, -0.05) is 66.7 Å². The first kappa shape index (κ1) is 19.6. The minimum absolute atomic E-state index is 0.361. The van der Waals surface area contributed by atoms with Crippen LogP contribution in [0.2, 0.25) is 0 Å². The van der Waals surface area contributed by atoms with Gasteiger partial charge in [0.15, 0.2) is 0 Å². The van der Waals surface area contributed by atoms with Crippen LogP contribution in [-0.2, 0) is 17.8 Å². The summed E-state index contributed by atoms with van der Waals surface area (Å²) in [5.74, 6) is 0.308. The van der Waals surface area contributed by atoms with Gasteiger partial charge in [-0.2, -0.15) is 0 Å². The lowest BCUT2D eigenvalue weighted by molar-refractivity contribution is 0.0600. The van der Waals surface area contributed by atoms with Gasteiger partial charge in [0, 0.05) is 19.6 Å². The van der Waals surface area contributed by atoms with Gasteiger partial charge in [-0.25, -0.2) is 4.79 Å². The maximum atomic E-state index is 11.7. The van der Waals surface area contributed by atoms with E-state index in [1.807, 2.05) is 18.2 Å². The highest BCUT2D eigenvalue weighted by Crippen LogP contribution is 2.15. The van der Waals surface area contributed by atoms with Crippen LogP contribution in [0.1, 0.15) is 21.5 Å². The molecular weight excluding hydrogens is 350 g/mol. The lowest BCUT2D eigenvalue weighted by atomic mass is 10.1. The van der Waals surface area contributed by atoms with Gasteiger partial charge in [0.05, 0.1) is 12.7 Å². The first-order valence-corrected chi connectivity index (χ1v) is 9.36. The molecule has 144 valence electrons. The van der Waals surface area contributed by atoms with Gasteiger partial charge in [-0.15, -0.1) is 0 Å². The van der Waals surface area contributed by atoms with E-state index in [0.717, 1.165) is 19.6 Å². The fraction of sp³-hybridized carbons (Fsp3) is 0.208. The Balaban J connectivity index is 1.62. The van der Waals surface area contributed by atoms with Crippen molar-refractivity contribution in [2.45, 2.75) is 13.1 Å². The molecule has 0 saturated heterocycles. The standard InChI is InChI=1S/C24H25NO3/c1-27-24(26)22-13-8-14-23(17-22)28-16-15-25(18-20-9-4-2-5-10-20)19-21-11-6-3-7-12-21/h2-14,17H,15-16,18-19H2,1H3. The van der Waals surface area contributed by atoms with Crippen molar-refractivity contribution in [3.05, 3.63) is 102 Å². The van der Waals surface area contributed by atoms with Crippen LogP contribution >= 0.6 is 0 Å². The zero-order valence-electron chi connectivity index (χ0n) is 16.1. The molecule has 0 bridgehead atoms. The zero-order valence-corrected chi connectivity index (χ0v) is 16.1. The normalized spacial score (nSPS) is 10.6. The summed E-state index contributed by atoms with van der Waals surface area (Å²) in [6.45, 7) is 3.00. The summed E-state index contributed by atoms with van der Waals surface area (Å²) in [5.41, 5.74) is 3.03. The third kappa shape index (κ3) is 5.96. The Labute approximate surface area is 166 Å². The topological polar surface area (TPSA) is 38.8 Å². The molecule has 0 aliphatic heterocycles. The predicted octanol–water partition coefficient (Wildman–Crippen LogP) is 4.55. The van der Waals surface area contributed by atoms with Crippen LogP contribution in [0.5, 0.6) is 5.75 Å². The molecule has 0 aliphatic rings. The van der Waals surface area contributed by atoms with E-state index in [1.165, 1.54) is 18.2 Å². The SMILES string of the molecule is COC(=O)c1cccc(OCCN(Cc2ccccc2)Cc2ccccc2)c1. The largest absolute Gasteiger partial charge is 0.492 e. The van der Waals surface area contributed by atoms with Crippen molar-refractivity contribution in [2.75, 3.05) is 20.3 Å². The van der Waals surface area contributed by atoms with Gasteiger partial charge in [-0.05, 0) is 29.3 Å². The van der Waals surface area contributed by atoms with E-state index in [9.17, 15) is 4.79 Å². The maximum absolute atomic E-state index is 11.7. The molecular formula is C24H25NO3. The lowest BCUT2D eigenvalue weighted by Gasteiger charge is -2.23. The van der Waals surface area contributed by atoms with Crippen molar-refractivity contribution in [2.24, 2.45) is 0 Å². The Bertz CT molecular complexity index is 824. The molecule has 0 radical (unpaired) electrons. The summed E-state index contributed by atoms with van der Waals surface area (Å²) in [5, 5.41) is 0. The first-order valence-electron chi connectivity index (χ1n) is 9.36. The minimum Gasteiger partial charge on any atom is -0.492 e. The summed E-state index contributed by atoms with van der Waals surface area (Å²) in [6, 6.07) is 27.9. The quantitative estimate of drug-likeness (QED) is 0.514. The number of nitrogens with zero attached hydrogens (tertiary/aromatic N) is 1. The van der Waals surface area contributed by atoms with Gasteiger partial charge >= 0.3 is 5.97 Å². The Kier molecular flexibility index (Phi) is 7.21. The summed E-state index contributed by atoms with van der Waals surface area (Å²) >= 11 is 0. The molecule has 0 heterocycles. The van der Waals surface area contributed by atoms with Crippen LogP contribution in [0, 0.1) is 0 Å². The second-order valence-electron chi connectivity index (χ2n) is 6.55. The van der Waals surface area contributed by atoms with Crippen LogP contribution in [0.15, 0.2) is 84.9 Å². The van der Waals surface area contributed by atoms with Crippen LogP contribution in [0.25, 0.3) is 0 Å². The average molecular weight is 375 g/mol. The molecule has 28 heavy (non-hydrogen) atoms. The van der Waals surface area contributed by atoms with Gasteiger partial charge in [0.25, 0.3) is 0 Å². The maximum Gasteiger partial charge on any atom is 0.337 e. The molecule has 3 aromatic carbocycles. The molecule has 0 unspecified atom stereocenters. The highest BCUT2D eigenvalue weighted by Gasteiger charge is 2.09. The van der Waals surface area contributed by atoms with Crippen LogP contribution < -0.4 is 4.74 Å². The van der Waals surface area contributed by atoms with Gasteiger partial charge in [0.1, 0.15) is 12.4 Å². The number of ether oxygens (including phenoxy) is 2. The molecule has 4 heteroatoms. The number of esters is 1. The Hall–Kier alpha value is -3.11. The highest BCUT2D eigenvalue weighted by molar-refractivity contribution is 5.89. The molecule has 0 amide bonds. The Morgan fingerprint density at radius 1 is 0.821 bits per heavy atom. The van der Waals surface area contributed by atoms with Crippen LogP contribution in [0.3, 0.4) is 0 Å². The highest BCUT2D eigenvalue weighted by atomic mass is 16.5. The molecule has 4 nitrogen and oxygen atoms in total. The zero-order chi connectivity index (χ0) is 19.6. The minimum atomic E-state index is -0.361. The van der Waals surface area contributed by atoms with Crippen molar-refractivity contribution < 1.29 is 14.3 Å². The molecule has 0 fully saturated rings. The number of carbonyl (C=O) groups is 1. The summed E-state index contributed by atoms with van der Waals surface area (Å²) in [7, 11) is 1.38. The molecule has 0 aromatic heterocycles. The monoisotopic (exact) mass is 375 g/mol. The van der Waals surface area contributed by atoms with Crippen molar-refractivity contribution in [3.63, 3.8) is 0 Å². The van der Waals surface area contributed by atoms with E-state index in [2.05, 4.69) is 53.4 Å². The van der Waals surface area contributed by atoms with Crippen molar-refractivity contribution >= 4 is 5.97 Å². The number of rotatable bonds is 9.